The molecule has 3 N–H and O–H groups in total. The third kappa shape index (κ3) is 6.39. The van der Waals surface area contributed by atoms with Gasteiger partial charge < -0.3 is 20.5 Å². The Kier molecular flexibility index (Phi) is 8.03. The molecule has 1 amide bonds. The van der Waals surface area contributed by atoms with Crippen LogP contribution in [0.5, 0.6) is 0 Å². The van der Waals surface area contributed by atoms with Crippen LogP contribution in [0.2, 0.25) is 5.02 Å². The molecule has 196 valence electrons. The first-order chi connectivity index (χ1) is 18.4. The maximum absolute atomic E-state index is 12.1. The Labute approximate surface area is 227 Å². The van der Waals surface area contributed by atoms with Gasteiger partial charge in [-0.25, -0.2) is 9.97 Å². The lowest BCUT2D eigenvalue weighted by molar-refractivity contribution is -0.111. The number of aromatic amines is 1. The summed E-state index contributed by atoms with van der Waals surface area (Å²) in [5.74, 6) is 0.464. The fourth-order valence-corrected chi connectivity index (χ4v) is 4.87. The molecule has 0 saturated carbocycles. The van der Waals surface area contributed by atoms with Gasteiger partial charge in [0.25, 0.3) is 0 Å². The van der Waals surface area contributed by atoms with E-state index in [1.807, 2.05) is 61.6 Å². The molecular weight excluding hydrogens is 498 g/mol. The third-order valence-corrected chi connectivity index (χ3v) is 6.84. The lowest BCUT2D eigenvalue weighted by Crippen LogP contribution is -2.26. The summed E-state index contributed by atoms with van der Waals surface area (Å²) in [6, 6.07) is 16.4. The molecular formula is C29H32ClN7O. The minimum Gasteiger partial charge on any atom is -0.360 e. The van der Waals surface area contributed by atoms with Crippen molar-refractivity contribution in [3.8, 4) is 11.3 Å². The molecule has 1 atom stereocenters. The Morgan fingerprint density at radius 3 is 2.84 bits per heavy atom. The normalized spacial score (nSPS) is 16.1. The van der Waals surface area contributed by atoms with Crippen LogP contribution in [0.4, 0.5) is 11.6 Å². The Morgan fingerprint density at radius 2 is 2.03 bits per heavy atom. The van der Waals surface area contributed by atoms with Gasteiger partial charge in [0.15, 0.2) is 0 Å². The van der Waals surface area contributed by atoms with Crippen molar-refractivity contribution < 1.29 is 4.79 Å². The number of benzene rings is 2. The summed E-state index contributed by atoms with van der Waals surface area (Å²) in [6.07, 6.45) is 8.03. The van der Waals surface area contributed by atoms with E-state index in [4.69, 9.17) is 16.6 Å². The number of carbonyl (C=O) groups excluding carboxylic acids is 1. The SMILES string of the molecule is CN(C)CC=CC(=O)Nc1ccc(CN2CC[C@@H](Nc3ncc(Cl)c(-c4c[nH]c5ccccc45)n3)C2)cc1. The first kappa shape index (κ1) is 25.9. The van der Waals surface area contributed by atoms with Gasteiger partial charge in [-0.2, -0.15) is 0 Å². The molecule has 0 spiro atoms. The molecule has 0 bridgehead atoms. The number of para-hydroxylation sites is 1. The summed E-state index contributed by atoms with van der Waals surface area (Å²) >= 11 is 6.49. The summed E-state index contributed by atoms with van der Waals surface area (Å²) in [6.45, 7) is 3.45. The molecule has 0 unspecified atom stereocenters. The standard InChI is InChI=1S/C29H32ClN7O/c1-36(2)14-5-8-27(38)33-21-11-9-20(10-12-21)18-37-15-13-22(19-37)34-29-32-17-25(30)28(35-29)24-16-31-26-7-4-3-6-23(24)26/h3-12,16-17,22,31H,13-15,18-19H2,1-2H3,(H,33,38)(H,32,34,35)/t22-/m1/s1. The summed E-state index contributed by atoms with van der Waals surface area (Å²) in [5, 5.41) is 8.01. The molecule has 2 aromatic heterocycles. The number of hydrogen-bond donors (Lipinski definition) is 3. The molecule has 1 fully saturated rings. The van der Waals surface area contributed by atoms with E-state index in [0.717, 1.165) is 60.4 Å². The van der Waals surface area contributed by atoms with Crippen molar-refractivity contribution in [2.24, 2.45) is 0 Å². The summed E-state index contributed by atoms with van der Waals surface area (Å²) in [5.41, 5.74) is 4.73. The number of anilines is 2. The van der Waals surface area contributed by atoms with Crippen LogP contribution in [-0.2, 0) is 11.3 Å². The molecule has 5 rings (SSSR count). The number of likely N-dealkylation sites (tertiary alicyclic amines) is 1. The van der Waals surface area contributed by atoms with Gasteiger partial charge >= 0.3 is 0 Å². The monoisotopic (exact) mass is 529 g/mol. The minimum absolute atomic E-state index is 0.120. The molecule has 1 saturated heterocycles. The molecule has 38 heavy (non-hydrogen) atoms. The largest absolute Gasteiger partial charge is 0.360 e. The van der Waals surface area contributed by atoms with Crippen molar-refractivity contribution >= 4 is 40.0 Å². The topological polar surface area (TPSA) is 89.2 Å². The van der Waals surface area contributed by atoms with Crippen LogP contribution in [0.1, 0.15) is 12.0 Å². The van der Waals surface area contributed by atoms with Crippen LogP contribution >= 0.6 is 11.6 Å². The Hall–Kier alpha value is -3.72. The number of likely N-dealkylation sites (N-methyl/N-ethyl adjacent to an activating group) is 1. The summed E-state index contributed by atoms with van der Waals surface area (Å²) in [4.78, 5) is 29.0. The molecule has 0 aliphatic carbocycles. The molecule has 1 aliphatic heterocycles. The smallest absolute Gasteiger partial charge is 0.248 e. The minimum atomic E-state index is -0.120. The van der Waals surface area contributed by atoms with E-state index in [-0.39, 0.29) is 11.9 Å². The number of amides is 1. The Balaban J connectivity index is 1.16. The second-order valence-electron chi connectivity index (χ2n) is 9.85. The number of nitrogens with one attached hydrogen (secondary N) is 3. The van der Waals surface area contributed by atoms with Crippen LogP contribution in [0.3, 0.4) is 0 Å². The molecule has 1 aliphatic rings. The molecule has 4 aromatic rings. The zero-order chi connectivity index (χ0) is 26.5. The highest BCUT2D eigenvalue weighted by Crippen LogP contribution is 2.32. The van der Waals surface area contributed by atoms with Crippen LogP contribution in [0, 0.1) is 0 Å². The summed E-state index contributed by atoms with van der Waals surface area (Å²) < 4.78 is 0. The van der Waals surface area contributed by atoms with Gasteiger partial charge in [0, 0.05) is 66.6 Å². The van der Waals surface area contributed by atoms with E-state index in [1.165, 1.54) is 5.56 Å². The average Bonchev–Trinajstić information content (AvgIpc) is 3.53. The first-order valence-electron chi connectivity index (χ1n) is 12.7. The number of hydrogen-bond acceptors (Lipinski definition) is 6. The predicted octanol–water partition coefficient (Wildman–Crippen LogP) is 5.02. The van der Waals surface area contributed by atoms with E-state index >= 15 is 0 Å². The predicted molar refractivity (Wildman–Crippen MR) is 154 cm³/mol. The highest BCUT2D eigenvalue weighted by molar-refractivity contribution is 6.33. The quantitative estimate of drug-likeness (QED) is 0.264. The van der Waals surface area contributed by atoms with Crippen molar-refractivity contribution in [2.45, 2.75) is 19.0 Å². The fourth-order valence-electron chi connectivity index (χ4n) is 4.68. The zero-order valence-corrected chi connectivity index (χ0v) is 22.4. The molecule has 3 heterocycles. The van der Waals surface area contributed by atoms with Gasteiger partial charge in [0.05, 0.1) is 16.9 Å². The molecule has 9 heteroatoms. The van der Waals surface area contributed by atoms with Gasteiger partial charge in [0.1, 0.15) is 0 Å². The summed E-state index contributed by atoms with van der Waals surface area (Å²) in [7, 11) is 3.93. The van der Waals surface area contributed by atoms with Crippen molar-refractivity contribution in [3.63, 3.8) is 0 Å². The second kappa shape index (κ2) is 11.8. The molecule has 2 aromatic carbocycles. The Bertz CT molecular complexity index is 1430. The first-order valence-corrected chi connectivity index (χ1v) is 13.1. The number of rotatable bonds is 9. The number of nitrogens with zero attached hydrogens (tertiary/aromatic N) is 4. The van der Waals surface area contributed by atoms with Crippen LogP contribution in [0.15, 0.2) is 73.1 Å². The number of halogens is 1. The second-order valence-corrected chi connectivity index (χ2v) is 10.3. The fraction of sp³-hybridized carbons (Fsp3) is 0.276. The van der Waals surface area contributed by atoms with E-state index in [0.29, 0.717) is 11.0 Å². The lowest BCUT2D eigenvalue weighted by Gasteiger charge is -2.17. The van der Waals surface area contributed by atoms with Crippen molar-refractivity contribution in [2.75, 3.05) is 44.4 Å². The van der Waals surface area contributed by atoms with E-state index in [2.05, 4.69) is 43.7 Å². The van der Waals surface area contributed by atoms with Crippen LogP contribution in [0.25, 0.3) is 22.2 Å². The highest BCUT2D eigenvalue weighted by Gasteiger charge is 2.23. The number of H-pyrrole nitrogens is 1. The third-order valence-electron chi connectivity index (χ3n) is 6.56. The number of aromatic nitrogens is 3. The average molecular weight is 530 g/mol. The lowest BCUT2D eigenvalue weighted by atomic mass is 10.1. The van der Waals surface area contributed by atoms with Crippen LogP contribution in [-0.4, -0.2) is 70.4 Å². The molecule has 0 radical (unpaired) electrons. The van der Waals surface area contributed by atoms with Crippen molar-refractivity contribution in [1.82, 2.24) is 24.8 Å². The molecule has 8 nitrogen and oxygen atoms in total. The van der Waals surface area contributed by atoms with Crippen LogP contribution < -0.4 is 10.6 Å². The van der Waals surface area contributed by atoms with Gasteiger partial charge in [-0.05, 0) is 44.3 Å². The number of carbonyl (C=O) groups is 1. The maximum atomic E-state index is 12.1. The van der Waals surface area contributed by atoms with Gasteiger partial charge in [-0.15, -0.1) is 0 Å². The van der Waals surface area contributed by atoms with Crippen molar-refractivity contribution in [3.05, 3.63) is 83.7 Å². The Morgan fingerprint density at radius 1 is 1.21 bits per heavy atom. The van der Waals surface area contributed by atoms with Crippen molar-refractivity contribution in [1.29, 1.82) is 0 Å². The zero-order valence-electron chi connectivity index (χ0n) is 21.6. The van der Waals surface area contributed by atoms with E-state index in [9.17, 15) is 4.79 Å². The maximum Gasteiger partial charge on any atom is 0.248 e. The van der Waals surface area contributed by atoms with Gasteiger partial charge in [-0.3, -0.25) is 9.69 Å². The van der Waals surface area contributed by atoms with E-state index in [1.54, 1.807) is 12.3 Å². The van der Waals surface area contributed by atoms with Gasteiger partial charge in [-0.1, -0.05) is 48.0 Å². The number of fused-ring (bicyclic) bond motifs is 1. The van der Waals surface area contributed by atoms with E-state index < -0.39 is 0 Å². The highest BCUT2D eigenvalue weighted by atomic mass is 35.5. The van der Waals surface area contributed by atoms with Gasteiger partial charge in [0.2, 0.25) is 11.9 Å².